The van der Waals surface area contributed by atoms with E-state index in [4.69, 9.17) is 11.6 Å². The van der Waals surface area contributed by atoms with E-state index >= 15 is 0 Å². The number of likely N-dealkylation sites (N-methyl/N-ethyl adjacent to an activating group) is 1. The van der Waals surface area contributed by atoms with Crippen molar-refractivity contribution in [1.82, 2.24) is 9.88 Å². The topological polar surface area (TPSA) is 45.2 Å². The van der Waals surface area contributed by atoms with E-state index in [2.05, 4.69) is 10.3 Å². The zero-order valence-corrected chi connectivity index (χ0v) is 11.7. The molecule has 0 radical (unpaired) electrons. The van der Waals surface area contributed by atoms with Crippen LogP contribution in [0.4, 0.5) is 5.69 Å². The number of benzene rings is 1. The van der Waals surface area contributed by atoms with Crippen molar-refractivity contribution in [2.45, 2.75) is 6.92 Å². The molecule has 0 saturated heterocycles. The van der Waals surface area contributed by atoms with Gasteiger partial charge >= 0.3 is 0 Å². The number of pyridine rings is 1. The highest BCUT2D eigenvalue weighted by Crippen LogP contribution is 2.27. The molecule has 4 nitrogen and oxygen atoms in total. The lowest BCUT2D eigenvalue weighted by Gasteiger charge is -2.16. The van der Waals surface area contributed by atoms with Gasteiger partial charge in [0.2, 0.25) is 5.91 Å². The number of carbonyl (C=O) groups excluding carboxylic acids is 1. The maximum absolute atomic E-state index is 11.8. The molecule has 1 aromatic carbocycles. The van der Waals surface area contributed by atoms with Crippen molar-refractivity contribution < 1.29 is 4.79 Å². The molecule has 0 unspecified atom stereocenters. The van der Waals surface area contributed by atoms with Crippen LogP contribution in [0.5, 0.6) is 0 Å². The Bertz CT molecular complexity index is 600. The molecule has 0 aliphatic rings. The van der Waals surface area contributed by atoms with Crippen molar-refractivity contribution in [2.75, 3.05) is 25.5 Å². The molecular weight excluding hydrogens is 262 g/mol. The van der Waals surface area contributed by atoms with Gasteiger partial charge in [-0.15, -0.1) is 0 Å². The molecule has 1 amide bonds. The highest BCUT2D eigenvalue weighted by Gasteiger charge is 2.09. The molecule has 19 heavy (non-hydrogen) atoms. The number of anilines is 1. The van der Waals surface area contributed by atoms with Crippen LogP contribution in [0.1, 0.15) is 6.92 Å². The summed E-state index contributed by atoms with van der Waals surface area (Å²) < 4.78 is 0. The Labute approximate surface area is 117 Å². The van der Waals surface area contributed by atoms with Gasteiger partial charge in [-0.25, -0.2) is 0 Å². The first-order valence-electron chi connectivity index (χ1n) is 6.14. The molecule has 0 aliphatic carbocycles. The van der Waals surface area contributed by atoms with Gasteiger partial charge < -0.3 is 10.2 Å². The summed E-state index contributed by atoms with van der Waals surface area (Å²) in [6.07, 6.45) is 1.71. The number of rotatable bonds is 4. The smallest absolute Gasteiger partial charge is 0.241 e. The average Bonchev–Trinajstić information content (AvgIpc) is 2.45. The predicted octanol–water partition coefficient (Wildman–Crippen LogP) is 2.78. The zero-order valence-electron chi connectivity index (χ0n) is 11.0. The van der Waals surface area contributed by atoms with E-state index in [1.54, 1.807) is 18.1 Å². The fraction of sp³-hybridized carbons (Fsp3) is 0.286. The van der Waals surface area contributed by atoms with Gasteiger partial charge in [-0.05, 0) is 31.2 Å². The third-order valence-corrected chi connectivity index (χ3v) is 3.38. The van der Waals surface area contributed by atoms with Gasteiger partial charge in [0.05, 0.1) is 22.8 Å². The van der Waals surface area contributed by atoms with Crippen molar-refractivity contribution in [1.29, 1.82) is 0 Å². The van der Waals surface area contributed by atoms with Gasteiger partial charge in [0.15, 0.2) is 0 Å². The van der Waals surface area contributed by atoms with Crippen molar-refractivity contribution in [3.8, 4) is 0 Å². The van der Waals surface area contributed by atoms with E-state index in [0.29, 0.717) is 11.6 Å². The van der Waals surface area contributed by atoms with Crippen LogP contribution in [0.15, 0.2) is 30.5 Å². The van der Waals surface area contributed by atoms with Gasteiger partial charge in [0.25, 0.3) is 0 Å². The summed E-state index contributed by atoms with van der Waals surface area (Å²) >= 11 is 6.12. The third kappa shape index (κ3) is 2.96. The zero-order chi connectivity index (χ0) is 13.8. The molecule has 1 heterocycles. The molecule has 1 N–H and O–H groups in total. The second kappa shape index (κ2) is 5.89. The molecule has 5 heteroatoms. The lowest BCUT2D eigenvalue weighted by molar-refractivity contribution is -0.127. The van der Waals surface area contributed by atoms with Crippen LogP contribution in [0.3, 0.4) is 0 Å². The van der Waals surface area contributed by atoms with Crippen LogP contribution in [0.25, 0.3) is 10.9 Å². The first kappa shape index (κ1) is 13.6. The van der Waals surface area contributed by atoms with Gasteiger partial charge in [-0.2, -0.15) is 0 Å². The summed E-state index contributed by atoms with van der Waals surface area (Å²) in [6, 6.07) is 7.41. The van der Waals surface area contributed by atoms with Crippen LogP contribution in [0, 0.1) is 0 Å². The SMILES string of the molecule is CCN(C)C(=O)CNc1ccc(Cl)c2cccnc12. The Morgan fingerprint density at radius 1 is 1.42 bits per heavy atom. The lowest BCUT2D eigenvalue weighted by Crippen LogP contribution is -2.31. The fourth-order valence-corrected chi connectivity index (χ4v) is 1.98. The normalized spacial score (nSPS) is 10.5. The Balaban J connectivity index is 2.22. The summed E-state index contributed by atoms with van der Waals surface area (Å²) in [7, 11) is 1.78. The number of hydrogen-bond donors (Lipinski definition) is 1. The molecule has 100 valence electrons. The maximum Gasteiger partial charge on any atom is 0.241 e. The summed E-state index contributed by atoms with van der Waals surface area (Å²) in [5.41, 5.74) is 1.60. The molecule has 0 saturated carbocycles. The standard InChI is InChI=1S/C14H16ClN3O/c1-3-18(2)13(19)9-17-12-7-6-11(15)10-5-4-8-16-14(10)12/h4-8,17H,3,9H2,1-2H3. The van der Waals surface area contributed by atoms with E-state index in [1.165, 1.54) is 0 Å². The summed E-state index contributed by atoms with van der Waals surface area (Å²) in [6.45, 7) is 2.88. The van der Waals surface area contributed by atoms with Crippen LogP contribution >= 0.6 is 11.6 Å². The van der Waals surface area contributed by atoms with Gasteiger partial charge in [-0.3, -0.25) is 9.78 Å². The second-order valence-electron chi connectivity index (χ2n) is 4.26. The fourth-order valence-electron chi connectivity index (χ4n) is 1.76. The number of amides is 1. The number of aromatic nitrogens is 1. The lowest BCUT2D eigenvalue weighted by atomic mass is 10.2. The van der Waals surface area contributed by atoms with Crippen molar-refractivity contribution >= 4 is 34.1 Å². The monoisotopic (exact) mass is 277 g/mol. The van der Waals surface area contributed by atoms with Crippen molar-refractivity contribution in [3.05, 3.63) is 35.5 Å². The predicted molar refractivity (Wildman–Crippen MR) is 78.6 cm³/mol. The summed E-state index contributed by atoms with van der Waals surface area (Å²) in [5.74, 6) is 0.0431. The molecular formula is C14H16ClN3O. The molecule has 0 bridgehead atoms. The van der Waals surface area contributed by atoms with E-state index in [1.807, 2.05) is 31.2 Å². The Morgan fingerprint density at radius 3 is 2.95 bits per heavy atom. The Morgan fingerprint density at radius 2 is 2.21 bits per heavy atom. The number of halogens is 1. The largest absolute Gasteiger partial charge is 0.374 e. The maximum atomic E-state index is 11.8. The summed E-state index contributed by atoms with van der Waals surface area (Å²) in [5, 5.41) is 4.66. The highest BCUT2D eigenvalue weighted by atomic mass is 35.5. The van der Waals surface area contributed by atoms with Gasteiger partial charge in [0, 0.05) is 25.2 Å². The number of carbonyl (C=O) groups is 1. The number of fused-ring (bicyclic) bond motifs is 1. The molecule has 0 aliphatic heterocycles. The second-order valence-corrected chi connectivity index (χ2v) is 4.66. The van der Waals surface area contributed by atoms with E-state index in [9.17, 15) is 4.79 Å². The van der Waals surface area contributed by atoms with Crippen LogP contribution in [0.2, 0.25) is 5.02 Å². The Kier molecular flexibility index (Phi) is 4.22. The van der Waals surface area contributed by atoms with E-state index in [-0.39, 0.29) is 12.5 Å². The van der Waals surface area contributed by atoms with Crippen molar-refractivity contribution in [3.63, 3.8) is 0 Å². The quantitative estimate of drug-likeness (QED) is 0.935. The van der Waals surface area contributed by atoms with Gasteiger partial charge in [-0.1, -0.05) is 11.6 Å². The van der Waals surface area contributed by atoms with Crippen LogP contribution in [-0.2, 0) is 4.79 Å². The average molecular weight is 278 g/mol. The highest BCUT2D eigenvalue weighted by molar-refractivity contribution is 6.35. The Hall–Kier alpha value is -1.81. The number of hydrogen-bond acceptors (Lipinski definition) is 3. The molecule has 0 atom stereocenters. The first-order chi connectivity index (χ1) is 9.13. The molecule has 0 fully saturated rings. The van der Waals surface area contributed by atoms with Crippen LogP contribution < -0.4 is 5.32 Å². The van der Waals surface area contributed by atoms with E-state index < -0.39 is 0 Å². The van der Waals surface area contributed by atoms with Crippen LogP contribution in [-0.4, -0.2) is 35.9 Å². The van der Waals surface area contributed by atoms with Crippen molar-refractivity contribution in [2.24, 2.45) is 0 Å². The minimum atomic E-state index is 0.0431. The summed E-state index contributed by atoms with van der Waals surface area (Å²) in [4.78, 5) is 17.7. The van der Waals surface area contributed by atoms with Gasteiger partial charge in [0.1, 0.15) is 0 Å². The molecule has 0 spiro atoms. The minimum absolute atomic E-state index is 0.0431. The molecule has 2 aromatic rings. The number of nitrogens with zero attached hydrogens (tertiary/aromatic N) is 2. The molecule has 2 rings (SSSR count). The third-order valence-electron chi connectivity index (χ3n) is 3.05. The first-order valence-corrected chi connectivity index (χ1v) is 6.52. The van der Waals surface area contributed by atoms with E-state index in [0.717, 1.165) is 16.6 Å². The minimum Gasteiger partial charge on any atom is -0.374 e. The molecule has 1 aromatic heterocycles. The number of nitrogens with one attached hydrogen (secondary N) is 1.